The van der Waals surface area contributed by atoms with Crippen LogP contribution in [0.25, 0.3) is 0 Å². The Balaban J connectivity index is 2.63. The van der Waals surface area contributed by atoms with Crippen LogP contribution in [0.1, 0.15) is 18.6 Å². The van der Waals surface area contributed by atoms with Crippen molar-refractivity contribution in [3.63, 3.8) is 0 Å². The molecule has 1 amide bonds. The number of amides is 1. The van der Waals surface area contributed by atoms with E-state index in [0.717, 1.165) is 0 Å². The van der Waals surface area contributed by atoms with Gasteiger partial charge in [0.25, 0.3) is 0 Å². The van der Waals surface area contributed by atoms with E-state index in [1.165, 1.54) is 6.92 Å². The highest BCUT2D eigenvalue weighted by atomic mass is 32.1. The van der Waals surface area contributed by atoms with E-state index in [1.807, 2.05) is 0 Å². The molecule has 7 heteroatoms. The van der Waals surface area contributed by atoms with Gasteiger partial charge in [0.1, 0.15) is 12.2 Å². The fourth-order valence-corrected chi connectivity index (χ4v) is 1.61. The SMILES string of the molecule is CC(=O)NCC(O)C(O)c1ccc(NC(N)=S)cc1. The molecule has 19 heavy (non-hydrogen) atoms. The van der Waals surface area contributed by atoms with Gasteiger partial charge in [0.2, 0.25) is 5.91 Å². The zero-order chi connectivity index (χ0) is 14.4. The predicted octanol–water partition coefficient (Wildman–Crippen LogP) is -0.128. The molecule has 0 aromatic heterocycles. The van der Waals surface area contributed by atoms with Crippen molar-refractivity contribution in [3.05, 3.63) is 29.8 Å². The highest BCUT2D eigenvalue weighted by Gasteiger charge is 2.18. The molecule has 104 valence electrons. The molecule has 0 aliphatic rings. The molecule has 2 unspecified atom stereocenters. The van der Waals surface area contributed by atoms with Crippen LogP contribution in [0, 0.1) is 0 Å². The number of carbonyl (C=O) groups is 1. The molecule has 0 aliphatic carbocycles. The molecular formula is C12H17N3O3S. The normalized spacial score (nSPS) is 13.4. The van der Waals surface area contributed by atoms with Crippen molar-refractivity contribution in [1.29, 1.82) is 0 Å². The van der Waals surface area contributed by atoms with Gasteiger partial charge < -0.3 is 26.6 Å². The van der Waals surface area contributed by atoms with Gasteiger partial charge >= 0.3 is 0 Å². The molecule has 0 saturated carbocycles. The van der Waals surface area contributed by atoms with Crippen molar-refractivity contribution >= 4 is 28.9 Å². The van der Waals surface area contributed by atoms with E-state index in [9.17, 15) is 15.0 Å². The van der Waals surface area contributed by atoms with Gasteiger partial charge in [0.05, 0.1) is 0 Å². The van der Waals surface area contributed by atoms with Gasteiger partial charge in [-0.3, -0.25) is 4.79 Å². The molecule has 2 atom stereocenters. The summed E-state index contributed by atoms with van der Waals surface area (Å²) in [5.41, 5.74) is 6.56. The summed E-state index contributed by atoms with van der Waals surface area (Å²) in [5, 5.41) is 25.0. The number of nitrogens with two attached hydrogens (primary N) is 1. The summed E-state index contributed by atoms with van der Waals surface area (Å²) in [6.45, 7) is 1.33. The maximum atomic E-state index is 10.7. The molecule has 0 spiro atoms. The van der Waals surface area contributed by atoms with Crippen molar-refractivity contribution in [2.24, 2.45) is 5.73 Å². The summed E-state index contributed by atoms with van der Waals surface area (Å²) in [6.07, 6.45) is -2.15. The molecule has 0 saturated heterocycles. The number of benzene rings is 1. The van der Waals surface area contributed by atoms with Crippen LogP contribution in [0.2, 0.25) is 0 Å². The number of anilines is 1. The Bertz CT molecular complexity index is 450. The number of hydrogen-bond donors (Lipinski definition) is 5. The van der Waals surface area contributed by atoms with Crippen molar-refractivity contribution in [1.82, 2.24) is 5.32 Å². The van der Waals surface area contributed by atoms with E-state index in [1.54, 1.807) is 24.3 Å². The lowest BCUT2D eigenvalue weighted by Crippen LogP contribution is -2.34. The third-order valence-electron chi connectivity index (χ3n) is 2.44. The number of hydrogen-bond acceptors (Lipinski definition) is 4. The molecule has 1 rings (SSSR count). The van der Waals surface area contributed by atoms with Crippen LogP contribution in [0.15, 0.2) is 24.3 Å². The van der Waals surface area contributed by atoms with E-state index < -0.39 is 12.2 Å². The third kappa shape index (κ3) is 5.21. The Morgan fingerprint density at radius 2 is 1.95 bits per heavy atom. The summed E-state index contributed by atoms with van der Waals surface area (Å²) in [4.78, 5) is 10.7. The molecule has 1 aromatic carbocycles. The lowest BCUT2D eigenvalue weighted by atomic mass is 10.0. The fourth-order valence-electron chi connectivity index (χ4n) is 1.49. The van der Waals surface area contributed by atoms with Gasteiger partial charge in [0.15, 0.2) is 5.11 Å². The number of aliphatic hydroxyl groups excluding tert-OH is 2. The minimum atomic E-state index is -1.08. The highest BCUT2D eigenvalue weighted by Crippen LogP contribution is 2.19. The van der Waals surface area contributed by atoms with Crippen LogP contribution in [0.3, 0.4) is 0 Å². The standard InChI is InChI=1S/C12H17N3O3S/c1-7(16)14-6-10(17)11(18)8-2-4-9(5-3-8)15-12(13)19/h2-5,10-11,17-18H,6H2,1H3,(H,14,16)(H3,13,15,19). The lowest BCUT2D eigenvalue weighted by molar-refractivity contribution is -0.119. The number of thiocarbonyl (C=S) groups is 1. The topological polar surface area (TPSA) is 108 Å². The quantitative estimate of drug-likeness (QED) is 0.482. The molecule has 0 heterocycles. The predicted molar refractivity (Wildman–Crippen MR) is 76.5 cm³/mol. The van der Waals surface area contributed by atoms with Crippen LogP contribution >= 0.6 is 12.2 Å². The van der Waals surface area contributed by atoms with Gasteiger partial charge in [-0.2, -0.15) is 0 Å². The fraction of sp³-hybridized carbons (Fsp3) is 0.333. The Morgan fingerprint density at radius 3 is 2.42 bits per heavy atom. The first kappa shape index (κ1) is 15.4. The van der Waals surface area contributed by atoms with E-state index in [2.05, 4.69) is 10.6 Å². The van der Waals surface area contributed by atoms with Gasteiger partial charge in [0, 0.05) is 19.2 Å². The monoisotopic (exact) mass is 283 g/mol. The summed E-state index contributed by atoms with van der Waals surface area (Å²) in [7, 11) is 0. The highest BCUT2D eigenvalue weighted by molar-refractivity contribution is 7.80. The van der Waals surface area contributed by atoms with E-state index in [4.69, 9.17) is 18.0 Å². The van der Waals surface area contributed by atoms with Crippen molar-refractivity contribution in [3.8, 4) is 0 Å². The van der Waals surface area contributed by atoms with Crippen LogP contribution in [-0.2, 0) is 4.79 Å². The second kappa shape index (κ2) is 7.03. The summed E-state index contributed by atoms with van der Waals surface area (Å²) >= 11 is 4.70. The maximum absolute atomic E-state index is 10.7. The Morgan fingerprint density at radius 1 is 1.37 bits per heavy atom. The zero-order valence-corrected chi connectivity index (χ0v) is 11.3. The Labute approximate surface area is 116 Å². The average Bonchev–Trinajstić information content (AvgIpc) is 2.35. The minimum Gasteiger partial charge on any atom is -0.388 e. The van der Waals surface area contributed by atoms with Crippen LogP contribution < -0.4 is 16.4 Å². The largest absolute Gasteiger partial charge is 0.388 e. The van der Waals surface area contributed by atoms with E-state index in [0.29, 0.717) is 11.3 Å². The minimum absolute atomic E-state index is 0.0105. The van der Waals surface area contributed by atoms with Crippen LogP contribution in [-0.4, -0.2) is 33.9 Å². The molecule has 6 N–H and O–H groups in total. The summed E-state index contributed by atoms with van der Waals surface area (Å²) in [5.74, 6) is -0.262. The first-order chi connectivity index (χ1) is 8.90. The average molecular weight is 283 g/mol. The number of nitrogens with one attached hydrogen (secondary N) is 2. The molecule has 6 nitrogen and oxygen atoms in total. The Hall–Kier alpha value is -1.70. The van der Waals surface area contributed by atoms with Gasteiger partial charge in [-0.25, -0.2) is 0 Å². The first-order valence-corrected chi connectivity index (χ1v) is 6.08. The van der Waals surface area contributed by atoms with Crippen molar-refractivity contribution < 1.29 is 15.0 Å². The maximum Gasteiger partial charge on any atom is 0.216 e. The van der Waals surface area contributed by atoms with Crippen molar-refractivity contribution in [2.45, 2.75) is 19.1 Å². The van der Waals surface area contributed by atoms with Gasteiger partial charge in [-0.05, 0) is 29.9 Å². The van der Waals surface area contributed by atoms with Crippen LogP contribution in [0.4, 0.5) is 5.69 Å². The molecule has 0 radical (unpaired) electrons. The van der Waals surface area contributed by atoms with E-state index >= 15 is 0 Å². The second-order valence-corrected chi connectivity index (χ2v) is 4.50. The Kier molecular flexibility index (Phi) is 5.68. The van der Waals surface area contributed by atoms with Gasteiger partial charge in [-0.15, -0.1) is 0 Å². The number of aliphatic hydroxyl groups is 2. The van der Waals surface area contributed by atoms with Crippen LogP contribution in [0.5, 0.6) is 0 Å². The molecule has 0 aliphatic heterocycles. The molecular weight excluding hydrogens is 266 g/mol. The van der Waals surface area contributed by atoms with E-state index in [-0.39, 0.29) is 17.6 Å². The summed E-state index contributed by atoms with van der Waals surface area (Å²) in [6, 6.07) is 6.65. The second-order valence-electron chi connectivity index (χ2n) is 4.06. The summed E-state index contributed by atoms with van der Waals surface area (Å²) < 4.78 is 0. The molecule has 1 aromatic rings. The number of rotatable bonds is 5. The van der Waals surface area contributed by atoms with Crippen molar-refractivity contribution in [2.75, 3.05) is 11.9 Å². The zero-order valence-electron chi connectivity index (χ0n) is 10.5. The first-order valence-electron chi connectivity index (χ1n) is 5.67. The lowest BCUT2D eigenvalue weighted by Gasteiger charge is -2.18. The number of carbonyl (C=O) groups excluding carboxylic acids is 1. The molecule has 0 bridgehead atoms. The molecule has 0 fully saturated rings. The van der Waals surface area contributed by atoms with Gasteiger partial charge in [-0.1, -0.05) is 12.1 Å². The third-order valence-corrected chi connectivity index (χ3v) is 2.55. The smallest absolute Gasteiger partial charge is 0.216 e.